The van der Waals surface area contributed by atoms with Gasteiger partial charge in [-0.15, -0.1) is 0 Å². The number of primary amides is 1. The highest BCUT2D eigenvalue weighted by molar-refractivity contribution is 5.98. The van der Waals surface area contributed by atoms with Crippen LogP contribution in [0, 0.1) is 11.8 Å². The summed E-state index contributed by atoms with van der Waals surface area (Å²) in [7, 11) is 1.46. The minimum atomic E-state index is -1.43. The summed E-state index contributed by atoms with van der Waals surface area (Å²) in [4.78, 5) is 131. The molecular formula is C53H83N15O9. The van der Waals surface area contributed by atoms with Crippen LogP contribution in [-0.4, -0.2) is 133 Å². The zero-order chi connectivity index (χ0) is 57.2. The molecule has 1 heterocycles. The van der Waals surface area contributed by atoms with Crippen LogP contribution in [0.5, 0.6) is 0 Å². The number of guanidine groups is 1. The number of likely N-dealkylation sites (N-methyl/N-ethyl adjacent to an activating group) is 1. The van der Waals surface area contributed by atoms with Gasteiger partial charge < -0.3 is 76.2 Å². The maximum atomic E-state index is 14.6. The highest BCUT2D eigenvalue weighted by atomic mass is 16.2. The summed E-state index contributed by atoms with van der Waals surface area (Å²) in [5, 5.41) is 22.6. The third-order valence-electron chi connectivity index (χ3n) is 13.4. The van der Waals surface area contributed by atoms with Crippen LogP contribution < -0.4 is 71.2 Å². The molecular weight excluding hydrogens is 991 g/mol. The van der Waals surface area contributed by atoms with Crippen molar-refractivity contribution in [3.05, 3.63) is 71.9 Å². The Balaban J connectivity index is 1.94. The van der Waals surface area contributed by atoms with Crippen LogP contribution in [0.1, 0.15) is 104 Å². The lowest BCUT2D eigenvalue weighted by molar-refractivity contribution is -0.137. The first-order chi connectivity index (χ1) is 36.6. The molecule has 0 spiro atoms. The van der Waals surface area contributed by atoms with Gasteiger partial charge in [-0.25, -0.2) is 0 Å². The Morgan fingerprint density at radius 3 is 1.58 bits per heavy atom. The van der Waals surface area contributed by atoms with E-state index in [0.29, 0.717) is 31.2 Å². The maximum absolute atomic E-state index is 14.6. The summed E-state index contributed by atoms with van der Waals surface area (Å²) in [5.41, 5.74) is 30.2. The summed E-state index contributed by atoms with van der Waals surface area (Å²) in [6, 6.07) is 6.96. The molecule has 10 atom stereocenters. The van der Waals surface area contributed by atoms with Crippen LogP contribution in [0.2, 0.25) is 0 Å². The molecule has 19 N–H and O–H groups in total. The summed E-state index contributed by atoms with van der Waals surface area (Å²) >= 11 is 0. The van der Waals surface area contributed by atoms with Crippen LogP contribution in [0.3, 0.4) is 0 Å². The molecule has 24 heteroatoms. The van der Waals surface area contributed by atoms with Gasteiger partial charge in [0, 0.05) is 50.0 Å². The standard InChI is InChI=1S/C53H83N15O9/c1-7-30(3)43(68-49(74)39(23-24-42(56)69)63-47(72)38(62-45(70)32(5)55)22-16-26-60-53(57)58)51(76)64-37(21-14-15-25-54)48(73)67-44(31(4)8-2)52(77)66-41(28-34-29-61-36-20-13-12-19-35(34)36)50(75)65-40(46(71)59-6)27-33-17-10-9-11-18-33/h9-13,17-20,29-32,37-41,43-44,61H,7-8,14-16,21-28,54-55H2,1-6H3,(H2,56,69)(H,59,71)(H,62,70)(H,63,72)(H,64,76)(H,65,75)(H,66,77)(H,67,73)(H,68,74)(H4,57,58,60). The van der Waals surface area contributed by atoms with Crippen molar-refractivity contribution in [2.45, 2.75) is 154 Å². The summed E-state index contributed by atoms with van der Waals surface area (Å²) in [5.74, 6) is -7.58. The second-order valence-corrected chi connectivity index (χ2v) is 19.4. The first kappa shape index (κ1) is 63.7. The number of nitrogens with two attached hydrogens (primary N) is 5. The van der Waals surface area contributed by atoms with Gasteiger partial charge >= 0.3 is 0 Å². The van der Waals surface area contributed by atoms with E-state index in [1.165, 1.54) is 14.0 Å². The van der Waals surface area contributed by atoms with E-state index in [-0.39, 0.29) is 64.0 Å². The van der Waals surface area contributed by atoms with E-state index in [1.807, 2.05) is 61.5 Å². The zero-order valence-electron chi connectivity index (χ0n) is 45.2. The van der Waals surface area contributed by atoms with Crippen molar-refractivity contribution in [2.24, 2.45) is 45.5 Å². The lowest BCUT2D eigenvalue weighted by Gasteiger charge is -2.31. The van der Waals surface area contributed by atoms with E-state index in [0.717, 1.165) is 16.5 Å². The van der Waals surface area contributed by atoms with Crippen LogP contribution >= 0.6 is 0 Å². The minimum absolute atomic E-state index is 0.00747. The number of H-pyrrole nitrogens is 1. The van der Waals surface area contributed by atoms with Crippen LogP contribution in [0.4, 0.5) is 0 Å². The van der Waals surface area contributed by atoms with Crippen molar-refractivity contribution < 1.29 is 43.2 Å². The topological polar surface area (TPSA) is 408 Å². The lowest BCUT2D eigenvalue weighted by Crippen LogP contribution is -2.62. The van der Waals surface area contributed by atoms with Gasteiger partial charge in [-0.3, -0.25) is 48.1 Å². The molecule has 3 rings (SSSR count). The number of nitrogens with one attached hydrogen (secondary N) is 9. The average molecular weight is 1070 g/mol. The van der Waals surface area contributed by atoms with Gasteiger partial charge in [0.1, 0.15) is 42.3 Å². The fourth-order valence-corrected chi connectivity index (χ4v) is 8.33. The molecule has 0 saturated heterocycles. The summed E-state index contributed by atoms with van der Waals surface area (Å²) in [6.45, 7) is 8.90. The molecule has 0 aliphatic carbocycles. The second kappa shape index (κ2) is 32.8. The van der Waals surface area contributed by atoms with Crippen LogP contribution in [0.25, 0.3) is 10.9 Å². The number of amides is 9. The number of aliphatic imine (C=N–C) groups is 1. The fourth-order valence-electron chi connectivity index (χ4n) is 8.33. The molecule has 1 aromatic heterocycles. The van der Waals surface area contributed by atoms with Gasteiger partial charge in [0.2, 0.25) is 53.2 Å². The predicted molar refractivity (Wildman–Crippen MR) is 294 cm³/mol. The van der Waals surface area contributed by atoms with Crippen LogP contribution in [0.15, 0.2) is 65.8 Å². The third-order valence-corrected chi connectivity index (χ3v) is 13.4. The van der Waals surface area contributed by atoms with Crippen molar-refractivity contribution in [1.29, 1.82) is 0 Å². The molecule has 10 unspecified atom stereocenters. The number of aromatic amines is 1. The quantitative estimate of drug-likeness (QED) is 0.0194. The number of rotatable bonds is 34. The molecule has 0 fully saturated rings. The molecule has 0 aliphatic heterocycles. The van der Waals surface area contributed by atoms with Gasteiger partial charge in [0.25, 0.3) is 0 Å². The Bertz CT molecular complexity index is 2460. The van der Waals surface area contributed by atoms with Gasteiger partial charge in [-0.05, 0) is 81.0 Å². The Kier molecular flexibility index (Phi) is 27.1. The number of hydrogen-bond donors (Lipinski definition) is 14. The first-order valence-corrected chi connectivity index (χ1v) is 26.4. The van der Waals surface area contributed by atoms with Crippen molar-refractivity contribution in [1.82, 2.24) is 47.5 Å². The summed E-state index contributed by atoms with van der Waals surface area (Å²) < 4.78 is 0. The molecule has 2 aromatic carbocycles. The monoisotopic (exact) mass is 1070 g/mol. The molecule has 0 saturated carbocycles. The highest BCUT2D eigenvalue weighted by Crippen LogP contribution is 2.20. The van der Waals surface area contributed by atoms with E-state index < -0.39 is 113 Å². The molecule has 0 radical (unpaired) electrons. The van der Waals surface area contributed by atoms with Crippen molar-refractivity contribution in [3.63, 3.8) is 0 Å². The van der Waals surface area contributed by atoms with Crippen molar-refractivity contribution >= 4 is 70.0 Å². The largest absolute Gasteiger partial charge is 0.370 e. The summed E-state index contributed by atoms with van der Waals surface area (Å²) in [6.07, 6.45) is 3.28. The van der Waals surface area contributed by atoms with E-state index in [2.05, 4.69) is 52.5 Å². The molecule has 424 valence electrons. The molecule has 24 nitrogen and oxygen atoms in total. The van der Waals surface area contributed by atoms with Gasteiger partial charge in [0.05, 0.1) is 6.04 Å². The van der Waals surface area contributed by atoms with Crippen molar-refractivity contribution in [3.8, 4) is 0 Å². The number of carbonyl (C=O) groups is 9. The van der Waals surface area contributed by atoms with E-state index in [9.17, 15) is 43.2 Å². The van der Waals surface area contributed by atoms with E-state index in [4.69, 9.17) is 28.7 Å². The molecule has 0 aliphatic rings. The van der Waals surface area contributed by atoms with E-state index >= 15 is 0 Å². The second-order valence-electron chi connectivity index (χ2n) is 19.4. The molecule has 9 amide bonds. The Morgan fingerprint density at radius 2 is 1.04 bits per heavy atom. The SMILES string of the molecule is CCC(C)C(NC(=O)C(CCCCN)NC(=O)C(NC(=O)C(CCC(N)=O)NC(=O)C(CCCN=C(N)N)NC(=O)C(C)N)C(C)CC)C(=O)NC(Cc1c[nH]c2ccccc12)C(=O)NC(Cc1ccccc1)C(=O)NC. The maximum Gasteiger partial charge on any atom is 0.243 e. The fraction of sp³-hybridized carbons (Fsp3) is 0.547. The predicted octanol–water partition coefficient (Wildman–Crippen LogP) is -1.02. The third kappa shape index (κ3) is 21.2. The lowest BCUT2D eigenvalue weighted by atomic mass is 9.95. The molecule has 3 aromatic rings. The Morgan fingerprint density at radius 1 is 0.558 bits per heavy atom. The number of nitrogens with zero attached hydrogens (tertiary/aromatic N) is 1. The average Bonchev–Trinajstić information content (AvgIpc) is 3.82. The highest BCUT2D eigenvalue weighted by Gasteiger charge is 2.37. The first-order valence-electron chi connectivity index (χ1n) is 26.4. The Labute approximate surface area is 450 Å². The zero-order valence-corrected chi connectivity index (χ0v) is 45.2. The molecule has 77 heavy (non-hydrogen) atoms. The molecule has 0 bridgehead atoms. The smallest absolute Gasteiger partial charge is 0.243 e. The number of hydrogen-bond acceptors (Lipinski definition) is 12. The normalized spacial score (nSPS) is 15.0. The number of aromatic nitrogens is 1. The Hall–Kier alpha value is -7.60. The van der Waals surface area contributed by atoms with Crippen molar-refractivity contribution in [2.75, 3.05) is 20.1 Å². The number of unbranched alkanes of at least 4 members (excludes halogenated alkanes) is 1. The van der Waals surface area contributed by atoms with Crippen LogP contribution in [-0.2, 0) is 56.0 Å². The van der Waals surface area contributed by atoms with Gasteiger partial charge in [0.15, 0.2) is 5.96 Å². The minimum Gasteiger partial charge on any atom is -0.370 e. The van der Waals surface area contributed by atoms with E-state index in [1.54, 1.807) is 27.0 Å². The number of para-hydroxylation sites is 1. The van der Waals surface area contributed by atoms with Gasteiger partial charge in [-0.1, -0.05) is 89.1 Å². The number of fused-ring (bicyclic) bond motifs is 1. The number of benzene rings is 2. The van der Waals surface area contributed by atoms with Gasteiger partial charge in [-0.2, -0.15) is 0 Å². The number of carbonyl (C=O) groups excluding carboxylic acids is 9.